The van der Waals surface area contributed by atoms with E-state index in [1.54, 1.807) is 4.90 Å². The molecule has 2 aromatic carbocycles. The fraction of sp³-hybridized carbons (Fsp3) is 0.462. The van der Waals surface area contributed by atoms with Crippen molar-refractivity contribution in [2.24, 2.45) is 5.92 Å². The van der Waals surface area contributed by atoms with E-state index in [1.165, 1.54) is 5.56 Å². The number of nitrogens with one attached hydrogen (secondary N) is 1. The van der Waals surface area contributed by atoms with Crippen LogP contribution in [0.4, 0.5) is 10.5 Å². The van der Waals surface area contributed by atoms with Gasteiger partial charge in [-0.2, -0.15) is 0 Å². The summed E-state index contributed by atoms with van der Waals surface area (Å²) >= 11 is 0. The number of ether oxygens (including phenoxy) is 2. The largest absolute Gasteiger partial charge is 0.493 e. The van der Waals surface area contributed by atoms with Crippen molar-refractivity contribution in [1.29, 1.82) is 0 Å². The number of anilines is 1. The predicted molar refractivity (Wildman–Crippen MR) is 127 cm³/mol. The van der Waals surface area contributed by atoms with Crippen LogP contribution in [0.15, 0.2) is 42.5 Å². The van der Waals surface area contributed by atoms with E-state index in [-0.39, 0.29) is 23.8 Å². The lowest BCUT2D eigenvalue weighted by Crippen LogP contribution is -2.37. The molecule has 2 atom stereocenters. The zero-order valence-corrected chi connectivity index (χ0v) is 19.6. The van der Waals surface area contributed by atoms with Gasteiger partial charge < -0.3 is 25.4 Å². The van der Waals surface area contributed by atoms with Gasteiger partial charge in [-0.15, -0.1) is 0 Å². The van der Waals surface area contributed by atoms with Crippen molar-refractivity contribution in [3.8, 4) is 5.75 Å². The number of hydrogen-bond acceptors (Lipinski definition) is 5. The Morgan fingerprint density at radius 1 is 1.12 bits per heavy atom. The number of rotatable bonds is 4. The van der Waals surface area contributed by atoms with Crippen molar-refractivity contribution < 1.29 is 19.1 Å². The maximum absolute atomic E-state index is 12.7. The molecule has 176 valence electrons. The Morgan fingerprint density at radius 3 is 2.58 bits per heavy atom. The van der Waals surface area contributed by atoms with Gasteiger partial charge in [0.05, 0.1) is 6.61 Å². The van der Waals surface area contributed by atoms with Crippen LogP contribution in [0.5, 0.6) is 5.75 Å². The van der Waals surface area contributed by atoms with Crippen LogP contribution in [0.25, 0.3) is 0 Å². The number of nitrogen functional groups attached to an aromatic ring is 1. The number of hydrogen-bond donors (Lipinski definition) is 2. The molecule has 1 saturated heterocycles. The van der Waals surface area contributed by atoms with Crippen LogP contribution in [-0.2, 0) is 11.3 Å². The molecule has 0 aliphatic carbocycles. The lowest BCUT2D eigenvalue weighted by Gasteiger charge is -2.26. The van der Waals surface area contributed by atoms with Crippen LogP contribution in [0.2, 0.25) is 0 Å². The van der Waals surface area contributed by atoms with Gasteiger partial charge in [-0.05, 0) is 74.9 Å². The summed E-state index contributed by atoms with van der Waals surface area (Å²) in [6.07, 6.45) is 1.33. The minimum Gasteiger partial charge on any atom is -0.493 e. The molecule has 0 aromatic heterocycles. The number of amides is 2. The lowest BCUT2D eigenvalue weighted by atomic mass is 9.83. The topological polar surface area (TPSA) is 93.9 Å². The molecule has 33 heavy (non-hydrogen) atoms. The first-order valence-corrected chi connectivity index (χ1v) is 11.6. The monoisotopic (exact) mass is 451 g/mol. The highest BCUT2D eigenvalue weighted by molar-refractivity contribution is 5.98. The van der Waals surface area contributed by atoms with E-state index < -0.39 is 5.60 Å². The van der Waals surface area contributed by atoms with Crippen molar-refractivity contribution in [3.05, 3.63) is 59.2 Å². The van der Waals surface area contributed by atoms with Gasteiger partial charge >= 0.3 is 6.09 Å². The first-order chi connectivity index (χ1) is 15.7. The van der Waals surface area contributed by atoms with E-state index in [9.17, 15) is 9.59 Å². The summed E-state index contributed by atoms with van der Waals surface area (Å²) in [6, 6.07) is 13.6. The second-order valence-electron chi connectivity index (χ2n) is 9.89. The van der Waals surface area contributed by atoms with E-state index in [0.29, 0.717) is 37.6 Å². The Labute approximate surface area is 195 Å². The summed E-state index contributed by atoms with van der Waals surface area (Å²) in [5, 5.41) is 2.84. The molecule has 0 saturated carbocycles. The first kappa shape index (κ1) is 23.0. The lowest BCUT2D eigenvalue weighted by molar-refractivity contribution is 0.0253. The highest BCUT2D eigenvalue weighted by Gasteiger charge is 2.32. The van der Waals surface area contributed by atoms with Crippen LogP contribution in [0.1, 0.15) is 61.0 Å². The number of carbonyl (C=O) groups excluding carboxylic acids is 2. The van der Waals surface area contributed by atoms with Crippen molar-refractivity contribution in [2.45, 2.75) is 51.7 Å². The molecule has 4 rings (SSSR count). The van der Waals surface area contributed by atoms with E-state index >= 15 is 0 Å². The summed E-state index contributed by atoms with van der Waals surface area (Å²) in [4.78, 5) is 26.5. The van der Waals surface area contributed by atoms with Crippen LogP contribution in [-0.4, -0.2) is 42.2 Å². The quantitative estimate of drug-likeness (QED) is 0.675. The molecule has 1 fully saturated rings. The SMILES string of the molecule is CC(C)(C)OC(=O)N1CCC(COc2ccc3c(c2)C(=O)NC3)C(c2ccc(N)cc2)CC1. The fourth-order valence-corrected chi connectivity index (χ4v) is 4.54. The number of benzene rings is 2. The second kappa shape index (κ2) is 9.33. The van der Waals surface area contributed by atoms with Gasteiger partial charge in [-0.25, -0.2) is 4.79 Å². The smallest absolute Gasteiger partial charge is 0.410 e. The molecule has 2 amide bonds. The fourth-order valence-electron chi connectivity index (χ4n) is 4.54. The minimum atomic E-state index is -0.526. The van der Waals surface area contributed by atoms with E-state index in [4.69, 9.17) is 15.2 Å². The summed E-state index contributed by atoms with van der Waals surface area (Å²) in [5.41, 5.74) is 8.98. The Kier molecular flexibility index (Phi) is 6.49. The van der Waals surface area contributed by atoms with Crippen LogP contribution in [0, 0.1) is 5.92 Å². The zero-order valence-electron chi connectivity index (χ0n) is 19.6. The summed E-state index contributed by atoms with van der Waals surface area (Å²) < 4.78 is 11.8. The minimum absolute atomic E-state index is 0.0577. The van der Waals surface area contributed by atoms with E-state index in [1.807, 2.05) is 51.1 Å². The molecular formula is C26H33N3O4. The number of carbonyl (C=O) groups is 2. The van der Waals surface area contributed by atoms with Crippen molar-refractivity contribution in [2.75, 3.05) is 25.4 Å². The zero-order chi connectivity index (χ0) is 23.6. The maximum Gasteiger partial charge on any atom is 0.410 e. The summed E-state index contributed by atoms with van der Waals surface area (Å²) in [7, 11) is 0. The molecule has 0 spiro atoms. The van der Waals surface area contributed by atoms with Gasteiger partial charge in [-0.1, -0.05) is 18.2 Å². The average Bonchev–Trinajstić information content (AvgIpc) is 2.99. The molecule has 7 heteroatoms. The molecular weight excluding hydrogens is 418 g/mol. The molecule has 0 bridgehead atoms. The number of fused-ring (bicyclic) bond motifs is 1. The van der Waals surface area contributed by atoms with Crippen LogP contribution < -0.4 is 15.8 Å². The maximum atomic E-state index is 12.7. The van der Waals surface area contributed by atoms with Gasteiger partial charge in [0.15, 0.2) is 0 Å². The number of nitrogens with zero attached hydrogens (tertiary/aromatic N) is 1. The van der Waals surface area contributed by atoms with Gasteiger partial charge in [0.1, 0.15) is 11.4 Å². The Morgan fingerprint density at radius 2 is 1.85 bits per heavy atom. The average molecular weight is 452 g/mol. The molecule has 2 heterocycles. The highest BCUT2D eigenvalue weighted by atomic mass is 16.6. The predicted octanol–water partition coefficient (Wildman–Crippen LogP) is 4.32. The molecule has 2 aliphatic rings. The van der Waals surface area contributed by atoms with Crippen molar-refractivity contribution in [3.63, 3.8) is 0 Å². The number of likely N-dealkylation sites (tertiary alicyclic amines) is 1. The van der Waals surface area contributed by atoms with E-state index in [0.717, 1.165) is 24.1 Å². The molecule has 2 aromatic rings. The van der Waals surface area contributed by atoms with Gasteiger partial charge in [0, 0.05) is 36.8 Å². The third-order valence-corrected chi connectivity index (χ3v) is 6.29. The Bertz CT molecular complexity index is 1010. The molecule has 7 nitrogen and oxygen atoms in total. The molecule has 2 unspecified atom stereocenters. The van der Waals surface area contributed by atoms with Gasteiger partial charge in [0.25, 0.3) is 5.91 Å². The highest BCUT2D eigenvalue weighted by Crippen LogP contribution is 2.35. The normalized spacial score (nSPS) is 20.6. The molecule has 2 aliphatic heterocycles. The summed E-state index contributed by atoms with van der Waals surface area (Å²) in [6.45, 7) is 7.95. The van der Waals surface area contributed by atoms with Crippen molar-refractivity contribution >= 4 is 17.7 Å². The molecule has 0 radical (unpaired) electrons. The Balaban J connectivity index is 1.50. The standard InChI is InChI=1S/C26H33N3O4/c1-26(2,3)33-25(31)29-12-10-19(22(11-13-29)17-4-7-20(27)8-5-17)16-32-21-9-6-18-15-28-24(30)23(18)14-21/h4-9,14,19,22H,10-13,15-16,27H2,1-3H3,(H,28,30). The summed E-state index contributed by atoms with van der Waals surface area (Å²) in [5.74, 6) is 1.05. The van der Waals surface area contributed by atoms with Gasteiger partial charge in [-0.3, -0.25) is 4.79 Å². The Hall–Kier alpha value is -3.22. The molecule has 3 N–H and O–H groups in total. The third-order valence-electron chi connectivity index (χ3n) is 6.29. The van der Waals surface area contributed by atoms with Crippen LogP contribution in [0.3, 0.4) is 0 Å². The van der Waals surface area contributed by atoms with E-state index in [2.05, 4.69) is 17.4 Å². The third kappa shape index (κ3) is 5.59. The van der Waals surface area contributed by atoms with Crippen molar-refractivity contribution in [1.82, 2.24) is 10.2 Å². The van der Waals surface area contributed by atoms with Crippen LogP contribution >= 0.6 is 0 Å². The number of nitrogens with two attached hydrogens (primary N) is 1. The van der Waals surface area contributed by atoms with Gasteiger partial charge in [0.2, 0.25) is 0 Å². The first-order valence-electron chi connectivity index (χ1n) is 11.6. The second-order valence-corrected chi connectivity index (χ2v) is 9.89.